The quantitative estimate of drug-likeness (QED) is 0.308. The lowest BCUT2D eigenvalue weighted by Gasteiger charge is -2.27. The Hall–Kier alpha value is -3.32. The highest BCUT2D eigenvalue weighted by atomic mass is 16.5. The number of likely N-dealkylation sites (tertiary alicyclic amines) is 1. The van der Waals surface area contributed by atoms with Crippen LogP contribution >= 0.6 is 0 Å². The van der Waals surface area contributed by atoms with E-state index >= 15 is 0 Å². The number of ether oxygens (including phenoxy) is 2. The maximum absolute atomic E-state index is 13.3. The van der Waals surface area contributed by atoms with Crippen LogP contribution < -0.4 is 9.47 Å². The van der Waals surface area contributed by atoms with Gasteiger partial charge < -0.3 is 24.4 Å². The van der Waals surface area contributed by atoms with Gasteiger partial charge in [0.15, 0.2) is 0 Å². The first-order valence-corrected chi connectivity index (χ1v) is 12.3. The van der Waals surface area contributed by atoms with E-state index in [-0.39, 0.29) is 16.7 Å². The Bertz CT molecular complexity index is 1150. The molecular weight excluding hydrogens is 456 g/mol. The predicted molar refractivity (Wildman–Crippen MR) is 141 cm³/mol. The minimum Gasteiger partial charge on any atom is -0.507 e. The molecular formula is C29H38N2O5. The first-order valence-electron chi connectivity index (χ1n) is 12.3. The highest BCUT2D eigenvalue weighted by Crippen LogP contribution is 2.41. The largest absolute Gasteiger partial charge is 0.507 e. The average molecular weight is 495 g/mol. The third-order valence-electron chi connectivity index (χ3n) is 6.26. The highest BCUT2D eigenvalue weighted by molar-refractivity contribution is 6.46. The Balaban J connectivity index is 2.19. The molecule has 1 N–H and O–H groups in total. The lowest BCUT2D eigenvalue weighted by molar-refractivity contribution is -0.140. The topological polar surface area (TPSA) is 79.3 Å². The Kier molecular flexibility index (Phi) is 8.46. The minimum atomic E-state index is -0.727. The summed E-state index contributed by atoms with van der Waals surface area (Å²) in [6.45, 7) is 9.66. The van der Waals surface area contributed by atoms with Crippen molar-refractivity contribution in [1.82, 2.24) is 9.80 Å². The second-order valence-electron chi connectivity index (χ2n) is 10.4. The molecule has 2 aromatic carbocycles. The molecule has 1 unspecified atom stereocenters. The lowest BCUT2D eigenvalue weighted by atomic mass is 9.84. The van der Waals surface area contributed by atoms with Crippen LogP contribution in [0.15, 0.2) is 48.0 Å². The second kappa shape index (κ2) is 11.2. The van der Waals surface area contributed by atoms with Gasteiger partial charge in [0.25, 0.3) is 11.7 Å². The number of likely N-dealkylation sites (N-methyl/N-ethyl adjacent to an activating group) is 1. The Morgan fingerprint density at radius 1 is 1.11 bits per heavy atom. The van der Waals surface area contributed by atoms with Crippen LogP contribution in [0.4, 0.5) is 0 Å². The van der Waals surface area contributed by atoms with E-state index in [1.54, 1.807) is 24.1 Å². The minimum absolute atomic E-state index is 0.0800. The van der Waals surface area contributed by atoms with Crippen LogP contribution in [0.5, 0.6) is 11.5 Å². The molecule has 1 heterocycles. The average Bonchev–Trinajstić information content (AvgIpc) is 3.09. The van der Waals surface area contributed by atoms with Crippen molar-refractivity contribution in [2.75, 3.05) is 40.9 Å². The van der Waals surface area contributed by atoms with Crippen molar-refractivity contribution in [2.24, 2.45) is 0 Å². The molecule has 194 valence electrons. The van der Waals surface area contributed by atoms with Gasteiger partial charge in [0, 0.05) is 24.2 Å². The number of amides is 1. The zero-order chi connectivity index (χ0) is 26.6. The van der Waals surface area contributed by atoms with Gasteiger partial charge in [-0.25, -0.2) is 0 Å². The van der Waals surface area contributed by atoms with E-state index in [1.807, 2.05) is 56.3 Å². The van der Waals surface area contributed by atoms with E-state index in [1.165, 1.54) is 0 Å². The lowest BCUT2D eigenvalue weighted by Crippen LogP contribution is -2.35. The van der Waals surface area contributed by atoms with Crippen LogP contribution in [-0.2, 0) is 15.0 Å². The second-order valence-corrected chi connectivity index (χ2v) is 10.4. The first-order chi connectivity index (χ1) is 17.0. The van der Waals surface area contributed by atoms with E-state index in [0.717, 1.165) is 12.0 Å². The van der Waals surface area contributed by atoms with Gasteiger partial charge in [-0.15, -0.1) is 0 Å². The zero-order valence-electron chi connectivity index (χ0n) is 22.4. The molecule has 0 aromatic heterocycles. The van der Waals surface area contributed by atoms with Gasteiger partial charge in [-0.1, -0.05) is 39.8 Å². The summed E-state index contributed by atoms with van der Waals surface area (Å²) in [5, 5.41) is 11.5. The van der Waals surface area contributed by atoms with Crippen LogP contribution in [0, 0.1) is 0 Å². The van der Waals surface area contributed by atoms with Gasteiger partial charge in [-0.05, 0) is 61.8 Å². The number of aliphatic hydroxyl groups is 1. The number of aliphatic hydroxyl groups excluding tert-OH is 1. The fourth-order valence-corrected chi connectivity index (χ4v) is 4.36. The fourth-order valence-electron chi connectivity index (χ4n) is 4.36. The third-order valence-corrected chi connectivity index (χ3v) is 6.26. The molecule has 2 aromatic rings. The van der Waals surface area contributed by atoms with Gasteiger partial charge in [0.1, 0.15) is 17.3 Å². The SMILES string of the molecule is CCCOc1cccc(C2/C(=C(\O)c3ccc(OC)c(C(C)(C)C)c3)C(=O)C(=O)N2CCN(C)C)c1. The Morgan fingerprint density at radius 2 is 1.83 bits per heavy atom. The standard InChI is InChI=1S/C29H38N2O5/c1-8-16-36-21-11-9-10-19(17-21)25-24(27(33)28(34)31(25)15-14-30(5)6)26(32)20-12-13-23(35-7)22(18-20)29(2,3)4/h9-13,17-18,25,32H,8,14-16H2,1-7H3/b26-24+. The molecule has 1 fully saturated rings. The fraction of sp³-hybridized carbons (Fsp3) is 0.448. The van der Waals surface area contributed by atoms with E-state index in [4.69, 9.17) is 9.47 Å². The molecule has 7 heteroatoms. The van der Waals surface area contributed by atoms with E-state index in [2.05, 4.69) is 20.8 Å². The Morgan fingerprint density at radius 3 is 2.44 bits per heavy atom. The van der Waals surface area contributed by atoms with Crippen molar-refractivity contribution < 1.29 is 24.2 Å². The summed E-state index contributed by atoms with van der Waals surface area (Å²) < 4.78 is 11.3. The third kappa shape index (κ3) is 5.73. The molecule has 1 aliphatic heterocycles. The molecule has 0 bridgehead atoms. The van der Waals surface area contributed by atoms with Crippen molar-refractivity contribution in [3.05, 3.63) is 64.7 Å². The van der Waals surface area contributed by atoms with Crippen molar-refractivity contribution in [3.63, 3.8) is 0 Å². The van der Waals surface area contributed by atoms with E-state index in [0.29, 0.717) is 42.3 Å². The van der Waals surface area contributed by atoms with Gasteiger partial charge in [-0.3, -0.25) is 9.59 Å². The molecule has 0 saturated carbocycles. The first kappa shape index (κ1) is 27.3. The van der Waals surface area contributed by atoms with Gasteiger partial charge in [0.05, 0.1) is 25.3 Å². The van der Waals surface area contributed by atoms with Crippen LogP contribution in [0.3, 0.4) is 0 Å². The molecule has 0 spiro atoms. The van der Waals surface area contributed by atoms with Gasteiger partial charge in [-0.2, -0.15) is 0 Å². The summed E-state index contributed by atoms with van der Waals surface area (Å²) in [4.78, 5) is 30.0. The van der Waals surface area contributed by atoms with E-state index in [9.17, 15) is 14.7 Å². The monoisotopic (exact) mass is 494 g/mol. The molecule has 36 heavy (non-hydrogen) atoms. The number of Topliss-reactive ketones (excluding diaryl/α,β-unsaturated/α-hetero) is 1. The summed E-state index contributed by atoms with van der Waals surface area (Å²) in [5.74, 6) is -0.148. The van der Waals surface area contributed by atoms with Crippen molar-refractivity contribution in [1.29, 1.82) is 0 Å². The number of rotatable bonds is 9. The number of carbonyl (C=O) groups is 2. The number of nitrogens with zero attached hydrogens (tertiary/aromatic N) is 2. The van der Waals surface area contributed by atoms with Crippen LogP contribution in [0.2, 0.25) is 0 Å². The molecule has 3 rings (SSSR count). The van der Waals surface area contributed by atoms with Crippen LogP contribution in [0.1, 0.15) is 56.8 Å². The maximum Gasteiger partial charge on any atom is 0.295 e. The number of hydrogen-bond acceptors (Lipinski definition) is 6. The molecule has 0 radical (unpaired) electrons. The zero-order valence-corrected chi connectivity index (χ0v) is 22.4. The number of benzene rings is 2. The van der Waals surface area contributed by atoms with Crippen LogP contribution in [-0.4, -0.2) is 67.5 Å². The molecule has 1 aliphatic rings. The molecule has 0 aliphatic carbocycles. The van der Waals surface area contributed by atoms with Crippen molar-refractivity contribution in [3.8, 4) is 11.5 Å². The van der Waals surface area contributed by atoms with Crippen molar-refractivity contribution in [2.45, 2.75) is 45.6 Å². The summed E-state index contributed by atoms with van der Waals surface area (Å²) in [5.41, 5.74) is 1.89. The summed E-state index contributed by atoms with van der Waals surface area (Å²) in [6.07, 6.45) is 0.860. The predicted octanol–water partition coefficient (Wildman–Crippen LogP) is 4.76. The summed E-state index contributed by atoms with van der Waals surface area (Å²) in [7, 11) is 5.43. The summed E-state index contributed by atoms with van der Waals surface area (Å²) >= 11 is 0. The maximum atomic E-state index is 13.3. The van der Waals surface area contributed by atoms with Gasteiger partial charge in [0.2, 0.25) is 0 Å². The van der Waals surface area contributed by atoms with Crippen molar-refractivity contribution >= 4 is 17.4 Å². The number of carbonyl (C=O) groups excluding carboxylic acids is 2. The van der Waals surface area contributed by atoms with Crippen LogP contribution in [0.25, 0.3) is 5.76 Å². The Labute approximate surface area is 214 Å². The normalized spacial score (nSPS) is 17.7. The molecule has 1 saturated heterocycles. The molecule has 1 amide bonds. The number of hydrogen-bond donors (Lipinski definition) is 1. The molecule has 1 atom stereocenters. The number of ketones is 1. The molecule has 7 nitrogen and oxygen atoms in total. The van der Waals surface area contributed by atoms with Gasteiger partial charge >= 0.3 is 0 Å². The highest BCUT2D eigenvalue weighted by Gasteiger charge is 2.46. The summed E-state index contributed by atoms with van der Waals surface area (Å²) in [6, 6.07) is 12.0. The smallest absolute Gasteiger partial charge is 0.295 e. The number of methoxy groups -OCH3 is 1. The van der Waals surface area contributed by atoms with E-state index < -0.39 is 17.7 Å².